The second-order valence-electron chi connectivity index (χ2n) is 5.85. The van der Waals surface area contributed by atoms with Crippen LogP contribution in [0.2, 0.25) is 0 Å². The molecule has 1 amide bonds. The number of sulfonamides is 1. The fourth-order valence-corrected chi connectivity index (χ4v) is 4.47. The van der Waals surface area contributed by atoms with E-state index in [1.54, 1.807) is 13.1 Å². The summed E-state index contributed by atoms with van der Waals surface area (Å²) < 4.78 is 32.0. The van der Waals surface area contributed by atoms with Gasteiger partial charge in [-0.2, -0.15) is 4.31 Å². The fourth-order valence-electron chi connectivity index (χ4n) is 2.91. The maximum Gasteiger partial charge on any atom is 0.336 e. The van der Waals surface area contributed by atoms with Gasteiger partial charge in [-0.15, -0.1) is 0 Å². The molecule has 7 nitrogen and oxygen atoms in total. The molecule has 0 spiro atoms. The first-order valence-electron chi connectivity index (χ1n) is 7.65. The Morgan fingerprint density at radius 1 is 1.33 bits per heavy atom. The quantitative estimate of drug-likeness (QED) is 0.828. The topological polar surface area (TPSA) is 96.7 Å². The third-order valence-electron chi connectivity index (χ3n) is 4.23. The summed E-state index contributed by atoms with van der Waals surface area (Å²) in [6, 6.07) is 7.22. The van der Waals surface area contributed by atoms with Gasteiger partial charge < -0.3 is 9.73 Å². The number of fused-ring (bicyclic) bond motifs is 1. The molecule has 0 saturated carbocycles. The Labute approximate surface area is 139 Å². The molecule has 2 heterocycles. The zero-order chi connectivity index (χ0) is 17.3. The lowest BCUT2D eigenvalue weighted by molar-refractivity contribution is -0.121. The van der Waals surface area contributed by atoms with Crippen LogP contribution in [0.15, 0.2) is 44.4 Å². The van der Waals surface area contributed by atoms with Crippen LogP contribution in [-0.4, -0.2) is 38.8 Å². The number of carbonyl (C=O) groups is 1. The molecule has 2 aromatic rings. The number of rotatable bonds is 4. The van der Waals surface area contributed by atoms with Gasteiger partial charge in [-0.25, -0.2) is 13.2 Å². The van der Waals surface area contributed by atoms with E-state index in [-0.39, 0.29) is 16.7 Å². The van der Waals surface area contributed by atoms with Crippen LogP contribution in [0.25, 0.3) is 11.0 Å². The molecule has 1 N–H and O–H groups in total. The van der Waals surface area contributed by atoms with Crippen molar-refractivity contribution in [3.8, 4) is 0 Å². The highest BCUT2D eigenvalue weighted by molar-refractivity contribution is 7.89. The number of amides is 1. The van der Waals surface area contributed by atoms with E-state index in [0.717, 1.165) is 0 Å². The molecule has 128 valence electrons. The first kappa shape index (κ1) is 16.7. The lowest BCUT2D eigenvalue weighted by Crippen LogP contribution is -2.30. The lowest BCUT2D eigenvalue weighted by Gasteiger charge is -2.16. The molecular formula is C16H18N2O5S. The van der Waals surface area contributed by atoms with Gasteiger partial charge in [-0.1, -0.05) is 0 Å². The van der Waals surface area contributed by atoms with E-state index in [9.17, 15) is 18.0 Å². The summed E-state index contributed by atoms with van der Waals surface area (Å²) >= 11 is 0. The minimum atomic E-state index is -3.63. The third-order valence-corrected chi connectivity index (χ3v) is 6.09. The summed E-state index contributed by atoms with van der Waals surface area (Å²) in [7, 11) is -2.07. The Hall–Kier alpha value is -2.19. The summed E-state index contributed by atoms with van der Waals surface area (Å²) in [6.45, 7) is 0.726. The molecule has 0 radical (unpaired) electrons. The lowest BCUT2D eigenvalue weighted by atomic mass is 10.1. The van der Waals surface area contributed by atoms with E-state index >= 15 is 0 Å². The number of nitrogens with zero attached hydrogens (tertiary/aromatic N) is 1. The van der Waals surface area contributed by atoms with Gasteiger partial charge in [0.05, 0.1) is 4.90 Å². The average Bonchev–Trinajstić information content (AvgIpc) is 3.03. The molecule has 0 bridgehead atoms. The maximum atomic E-state index is 12.8. The highest BCUT2D eigenvalue weighted by Crippen LogP contribution is 2.27. The predicted molar refractivity (Wildman–Crippen MR) is 88.0 cm³/mol. The largest absolute Gasteiger partial charge is 0.423 e. The van der Waals surface area contributed by atoms with Crippen LogP contribution in [-0.2, 0) is 14.8 Å². The Bertz CT molecular complexity index is 935. The van der Waals surface area contributed by atoms with Gasteiger partial charge in [-0.05, 0) is 36.6 Å². The molecule has 24 heavy (non-hydrogen) atoms. The van der Waals surface area contributed by atoms with E-state index in [4.69, 9.17) is 4.42 Å². The Morgan fingerprint density at radius 2 is 2.12 bits per heavy atom. The molecule has 1 atom stereocenters. The zero-order valence-electron chi connectivity index (χ0n) is 13.2. The molecule has 3 rings (SSSR count). The van der Waals surface area contributed by atoms with Crippen molar-refractivity contribution >= 4 is 26.9 Å². The Morgan fingerprint density at radius 3 is 2.88 bits per heavy atom. The number of nitrogens with one attached hydrogen (secondary N) is 1. The normalized spacial score (nSPS) is 18.8. The van der Waals surface area contributed by atoms with E-state index in [1.165, 1.54) is 28.6 Å². The molecule has 8 heteroatoms. The Kier molecular flexibility index (Phi) is 4.42. The monoisotopic (exact) mass is 350 g/mol. The minimum Gasteiger partial charge on any atom is -0.423 e. The summed E-state index contributed by atoms with van der Waals surface area (Å²) in [5.41, 5.74) is -0.130. The van der Waals surface area contributed by atoms with Crippen molar-refractivity contribution in [2.24, 2.45) is 5.92 Å². The van der Waals surface area contributed by atoms with Gasteiger partial charge in [0, 0.05) is 38.0 Å². The van der Waals surface area contributed by atoms with Crippen molar-refractivity contribution in [1.82, 2.24) is 9.62 Å². The summed E-state index contributed by atoms with van der Waals surface area (Å²) in [4.78, 5) is 22.8. The molecule has 1 aliphatic heterocycles. The molecule has 1 fully saturated rings. The smallest absolute Gasteiger partial charge is 0.336 e. The van der Waals surface area contributed by atoms with Crippen LogP contribution in [0, 0.1) is 5.92 Å². The van der Waals surface area contributed by atoms with Crippen molar-refractivity contribution in [1.29, 1.82) is 0 Å². The molecule has 1 aliphatic rings. The zero-order valence-corrected chi connectivity index (χ0v) is 14.0. The van der Waals surface area contributed by atoms with Crippen molar-refractivity contribution in [3.63, 3.8) is 0 Å². The highest BCUT2D eigenvalue weighted by atomic mass is 32.2. The number of carbonyl (C=O) groups excluding carboxylic acids is 1. The standard InChI is InChI=1S/C16H18N2O5S/c1-17-15(19)8-11-6-7-18(10-11)24(21,22)13-3-4-14-12(9-13)2-5-16(20)23-14/h2-5,9,11H,6-8,10H2,1H3,(H,17,19). The van der Waals surface area contributed by atoms with Gasteiger partial charge >= 0.3 is 5.63 Å². The van der Waals surface area contributed by atoms with Crippen LogP contribution in [0.1, 0.15) is 12.8 Å². The van der Waals surface area contributed by atoms with E-state index < -0.39 is 15.6 Å². The van der Waals surface area contributed by atoms with Crippen molar-refractivity contribution in [2.45, 2.75) is 17.7 Å². The third kappa shape index (κ3) is 3.20. The molecule has 1 aromatic carbocycles. The van der Waals surface area contributed by atoms with Crippen LogP contribution >= 0.6 is 0 Å². The van der Waals surface area contributed by atoms with Gasteiger partial charge in [-0.3, -0.25) is 4.79 Å². The van der Waals surface area contributed by atoms with Crippen LogP contribution in [0.5, 0.6) is 0 Å². The summed E-state index contributed by atoms with van der Waals surface area (Å²) in [5, 5.41) is 3.11. The SMILES string of the molecule is CNC(=O)CC1CCN(S(=O)(=O)c2ccc3oc(=O)ccc3c2)C1. The van der Waals surface area contributed by atoms with Gasteiger partial charge in [0.15, 0.2) is 0 Å². The number of hydrogen-bond acceptors (Lipinski definition) is 5. The average molecular weight is 350 g/mol. The second-order valence-corrected chi connectivity index (χ2v) is 7.79. The van der Waals surface area contributed by atoms with Crippen LogP contribution in [0.4, 0.5) is 0 Å². The number of benzene rings is 1. The Balaban J connectivity index is 1.84. The van der Waals surface area contributed by atoms with Gasteiger partial charge in [0.25, 0.3) is 0 Å². The maximum absolute atomic E-state index is 12.8. The van der Waals surface area contributed by atoms with Crippen molar-refractivity contribution < 1.29 is 17.6 Å². The molecule has 0 aliphatic carbocycles. The van der Waals surface area contributed by atoms with E-state index in [0.29, 0.717) is 36.9 Å². The molecule has 1 unspecified atom stereocenters. The fraction of sp³-hybridized carbons (Fsp3) is 0.375. The van der Waals surface area contributed by atoms with Gasteiger partial charge in [0.1, 0.15) is 5.58 Å². The van der Waals surface area contributed by atoms with Crippen molar-refractivity contribution in [3.05, 3.63) is 40.8 Å². The minimum absolute atomic E-state index is 0.0261. The van der Waals surface area contributed by atoms with Crippen LogP contribution < -0.4 is 10.9 Å². The first-order valence-corrected chi connectivity index (χ1v) is 9.09. The molecule has 1 aromatic heterocycles. The summed E-state index contributed by atoms with van der Waals surface area (Å²) in [5.74, 6) is -0.0572. The molecular weight excluding hydrogens is 332 g/mol. The van der Waals surface area contributed by atoms with E-state index in [2.05, 4.69) is 5.32 Å². The van der Waals surface area contributed by atoms with Gasteiger partial charge in [0.2, 0.25) is 15.9 Å². The molecule has 1 saturated heterocycles. The van der Waals surface area contributed by atoms with E-state index in [1.807, 2.05) is 0 Å². The highest BCUT2D eigenvalue weighted by Gasteiger charge is 2.33. The predicted octanol–water partition coefficient (Wildman–Crippen LogP) is 0.940. The van der Waals surface area contributed by atoms with Crippen LogP contribution in [0.3, 0.4) is 0 Å². The first-order chi connectivity index (χ1) is 11.4. The summed E-state index contributed by atoms with van der Waals surface area (Å²) in [6.07, 6.45) is 0.987. The van der Waals surface area contributed by atoms with Crippen molar-refractivity contribution in [2.75, 3.05) is 20.1 Å². The second kappa shape index (κ2) is 6.37. The number of hydrogen-bond donors (Lipinski definition) is 1.